The second-order valence-electron chi connectivity index (χ2n) is 9.23. The molecule has 4 N–H and O–H groups in total. The molecule has 3 atom stereocenters. The topological polar surface area (TPSA) is 147 Å². The zero-order chi connectivity index (χ0) is 23.6. The lowest BCUT2D eigenvalue weighted by atomic mass is 9.97. The molecule has 3 aromatic rings. The highest BCUT2D eigenvalue weighted by Crippen LogP contribution is 2.42. The summed E-state index contributed by atoms with van der Waals surface area (Å²) in [6.45, 7) is 0.476. The van der Waals surface area contributed by atoms with E-state index < -0.39 is 11.5 Å². The number of nitrogens with one attached hydrogen (secondary N) is 1. The largest absolute Gasteiger partial charge is 0.374 e. The highest BCUT2D eigenvalue weighted by molar-refractivity contribution is 5.93. The lowest BCUT2D eigenvalue weighted by Crippen LogP contribution is -2.36. The molecule has 174 valence electrons. The van der Waals surface area contributed by atoms with Gasteiger partial charge in [-0.05, 0) is 25.0 Å². The number of primary amides is 1. The van der Waals surface area contributed by atoms with Gasteiger partial charge >= 0.3 is 0 Å². The summed E-state index contributed by atoms with van der Waals surface area (Å²) in [4.78, 5) is 35.5. The number of hydrogen-bond acceptors (Lipinski definition) is 7. The number of rotatable bonds is 4. The standard InChI is InChI=1S/C24H24N6O4/c1-30-8-7-24(33,23(30)32)18-11-15(28-29-18)12-3-2-4-13(9-12)22-26-16-10-14-5-6-17(34-14)19(16)20(27-22)21(25)31/h2-4,9,11,14,17,33H,5-8,10H2,1H3,(H2,25,31)(H,28,29)/t14-,17+,24?/m0/s1. The van der Waals surface area contributed by atoms with E-state index in [0.717, 1.165) is 29.7 Å². The van der Waals surface area contributed by atoms with E-state index >= 15 is 0 Å². The predicted molar refractivity (Wildman–Crippen MR) is 120 cm³/mol. The third kappa shape index (κ3) is 3.13. The molecule has 2 saturated heterocycles. The van der Waals surface area contributed by atoms with Gasteiger partial charge in [0.15, 0.2) is 11.4 Å². The predicted octanol–water partition coefficient (Wildman–Crippen LogP) is 1.46. The van der Waals surface area contributed by atoms with E-state index in [1.807, 2.05) is 24.3 Å². The molecule has 10 heteroatoms. The summed E-state index contributed by atoms with van der Waals surface area (Å²) < 4.78 is 5.96. The molecular weight excluding hydrogens is 436 g/mol. The molecule has 2 aromatic heterocycles. The number of nitrogens with two attached hydrogens (primary N) is 1. The number of aromatic nitrogens is 4. The minimum absolute atomic E-state index is 0.109. The Labute approximate surface area is 195 Å². The molecule has 0 aliphatic carbocycles. The second-order valence-corrected chi connectivity index (χ2v) is 9.23. The van der Waals surface area contributed by atoms with E-state index in [1.165, 1.54) is 4.90 Å². The number of benzene rings is 1. The van der Waals surface area contributed by atoms with Crippen molar-refractivity contribution in [2.24, 2.45) is 5.73 Å². The Morgan fingerprint density at radius 1 is 1.26 bits per heavy atom. The van der Waals surface area contributed by atoms with Crippen molar-refractivity contribution in [2.75, 3.05) is 13.6 Å². The number of carbonyl (C=O) groups excluding carboxylic acids is 2. The molecule has 3 aliphatic rings. The fourth-order valence-corrected chi connectivity index (χ4v) is 5.21. The summed E-state index contributed by atoms with van der Waals surface area (Å²) in [5, 5.41) is 18.1. The van der Waals surface area contributed by atoms with Crippen LogP contribution in [0.2, 0.25) is 0 Å². The Balaban J connectivity index is 1.38. The second kappa shape index (κ2) is 7.44. The van der Waals surface area contributed by atoms with Crippen LogP contribution in [0.4, 0.5) is 0 Å². The smallest absolute Gasteiger partial charge is 0.267 e. The lowest BCUT2D eigenvalue weighted by molar-refractivity contribution is -0.143. The SMILES string of the molecule is CN1CCC(O)(c2cc(-c3cccc(-c4nc5c(c(C(N)=O)n4)[C@H]4CC[C@@H](C5)O4)c3)n[nH]2)C1=O. The van der Waals surface area contributed by atoms with Crippen LogP contribution in [-0.4, -0.2) is 61.7 Å². The minimum Gasteiger partial charge on any atom is -0.374 e. The summed E-state index contributed by atoms with van der Waals surface area (Å²) in [6, 6.07) is 9.14. The molecule has 2 fully saturated rings. The van der Waals surface area contributed by atoms with Crippen molar-refractivity contribution in [2.45, 2.75) is 43.5 Å². The monoisotopic (exact) mass is 460 g/mol. The summed E-state index contributed by atoms with van der Waals surface area (Å²) in [5.74, 6) is -0.532. The number of aromatic amines is 1. The number of likely N-dealkylation sites (N-methyl/N-ethyl adjacent to an activating group) is 1. The molecule has 1 aromatic carbocycles. The molecule has 0 saturated carbocycles. The van der Waals surface area contributed by atoms with Gasteiger partial charge in [0.05, 0.1) is 29.3 Å². The van der Waals surface area contributed by atoms with E-state index in [2.05, 4.69) is 15.2 Å². The van der Waals surface area contributed by atoms with Crippen molar-refractivity contribution >= 4 is 11.8 Å². The van der Waals surface area contributed by atoms with Crippen molar-refractivity contribution in [3.63, 3.8) is 0 Å². The fourth-order valence-electron chi connectivity index (χ4n) is 5.21. The fraction of sp³-hybridized carbons (Fsp3) is 0.375. The van der Waals surface area contributed by atoms with Crippen molar-refractivity contribution < 1.29 is 19.4 Å². The third-order valence-electron chi connectivity index (χ3n) is 7.06. The first-order chi connectivity index (χ1) is 16.3. The van der Waals surface area contributed by atoms with Gasteiger partial charge < -0.3 is 20.5 Å². The molecule has 3 aliphatic heterocycles. The molecule has 2 bridgehead atoms. The molecule has 0 spiro atoms. The van der Waals surface area contributed by atoms with Crippen LogP contribution in [-0.2, 0) is 21.6 Å². The third-order valence-corrected chi connectivity index (χ3v) is 7.06. The minimum atomic E-state index is -1.60. The van der Waals surface area contributed by atoms with Crippen LogP contribution in [0.3, 0.4) is 0 Å². The van der Waals surface area contributed by atoms with Gasteiger partial charge in [0.1, 0.15) is 5.69 Å². The first kappa shape index (κ1) is 20.9. The van der Waals surface area contributed by atoms with E-state index in [1.54, 1.807) is 13.1 Å². The van der Waals surface area contributed by atoms with Gasteiger partial charge in [0.25, 0.3) is 11.8 Å². The normalized spacial score (nSPS) is 25.6. The zero-order valence-electron chi connectivity index (χ0n) is 18.6. The first-order valence-electron chi connectivity index (χ1n) is 11.3. The summed E-state index contributed by atoms with van der Waals surface area (Å²) in [5.41, 5.74) is 8.23. The van der Waals surface area contributed by atoms with Gasteiger partial charge in [-0.2, -0.15) is 5.10 Å². The number of likely N-dealkylation sites (tertiary alicyclic amines) is 1. The van der Waals surface area contributed by atoms with Gasteiger partial charge in [-0.3, -0.25) is 14.7 Å². The molecule has 2 amide bonds. The van der Waals surface area contributed by atoms with Crippen LogP contribution in [0.15, 0.2) is 30.3 Å². The first-order valence-corrected chi connectivity index (χ1v) is 11.3. The number of fused-ring (bicyclic) bond motifs is 4. The van der Waals surface area contributed by atoms with Gasteiger partial charge in [-0.25, -0.2) is 9.97 Å². The van der Waals surface area contributed by atoms with E-state index in [0.29, 0.717) is 42.2 Å². The molecule has 5 heterocycles. The van der Waals surface area contributed by atoms with Crippen LogP contribution >= 0.6 is 0 Å². The van der Waals surface area contributed by atoms with Gasteiger partial charge in [-0.1, -0.05) is 18.2 Å². The summed E-state index contributed by atoms with van der Waals surface area (Å²) in [6.07, 6.45) is 2.62. The molecule has 34 heavy (non-hydrogen) atoms. The Morgan fingerprint density at radius 2 is 2.09 bits per heavy atom. The number of carbonyl (C=O) groups is 2. The Morgan fingerprint density at radius 3 is 2.85 bits per heavy atom. The van der Waals surface area contributed by atoms with E-state index in [-0.39, 0.29) is 23.8 Å². The molecule has 10 nitrogen and oxygen atoms in total. The lowest BCUT2D eigenvalue weighted by Gasteiger charge is -2.24. The number of hydrogen-bond donors (Lipinski definition) is 3. The Kier molecular flexibility index (Phi) is 4.58. The summed E-state index contributed by atoms with van der Waals surface area (Å²) >= 11 is 0. The number of amides is 2. The van der Waals surface area contributed by atoms with E-state index in [9.17, 15) is 14.7 Å². The molecule has 1 unspecified atom stereocenters. The molecule has 6 rings (SSSR count). The highest BCUT2D eigenvalue weighted by atomic mass is 16.5. The Bertz CT molecular complexity index is 1340. The Hall–Kier alpha value is -3.63. The number of aliphatic hydroxyl groups is 1. The van der Waals surface area contributed by atoms with Gasteiger partial charge in [-0.15, -0.1) is 0 Å². The average Bonchev–Trinajstić information content (AvgIpc) is 3.55. The van der Waals surface area contributed by atoms with Crippen LogP contribution in [0.1, 0.15) is 52.8 Å². The van der Waals surface area contributed by atoms with Crippen LogP contribution in [0.25, 0.3) is 22.6 Å². The molecular formula is C24H24N6O4. The van der Waals surface area contributed by atoms with Crippen molar-refractivity contribution in [1.29, 1.82) is 0 Å². The van der Waals surface area contributed by atoms with Crippen LogP contribution in [0, 0.1) is 0 Å². The highest BCUT2D eigenvalue weighted by Gasteiger charge is 2.46. The van der Waals surface area contributed by atoms with Crippen molar-refractivity contribution in [3.05, 3.63) is 53.0 Å². The van der Waals surface area contributed by atoms with Crippen LogP contribution in [0.5, 0.6) is 0 Å². The summed E-state index contributed by atoms with van der Waals surface area (Å²) in [7, 11) is 1.66. The van der Waals surface area contributed by atoms with Crippen LogP contribution < -0.4 is 5.73 Å². The number of H-pyrrole nitrogens is 1. The van der Waals surface area contributed by atoms with E-state index in [4.69, 9.17) is 15.5 Å². The average molecular weight is 460 g/mol. The quantitative estimate of drug-likeness (QED) is 0.534. The maximum absolute atomic E-state index is 12.4. The maximum Gasteiger partial charge on any atom is 0.267 e. The van der Waals surface area contributed by atoms with Crippen molar-refractivity contribution in [1.82, 2.24) is 25.1 Å². The van der Waals surface area contributed by atoms with Gasteiger partial charge in [0.2, 0.25) is 0 Å². The maximum atomic E-state index is 12.4. The number of nitrogens with zero attached hydrogens (tertiary/aromatic N) is 4. The van der Waals surface area contributed by atoms with Crippen molar-refractivity contribution in [3.8, 4) is 22.6 Å². The zero-order valence-corrected chi connectivity index (χ0v) is 18.6. The number of ether oxygens (including phenoxy) is 1. The molecule has 0 radical (unpaired) electrons. The van der Waals surface area contributed by atoms with Gasteiger partial charge in [0, 0.05) is 43.1 Å².